The highest BCUT2D eigenvalue weighted by atomic mass is 16.2. The van der Waals surface area contributed by atoms with Crippen LogP contribution in [0.25, 0.3) is 0 Å². The molecule has 0 fully saturated rings. The molecule has 2 N–H and O–H groups in total. The first-order valence-electron chi connectivity index (χ1n) is 9.07. The summed E-state index contributed by atoms with van der Waals surface area (Å²) in [5, 5.41) is 5.78. The van der Waals surface area contributed by atoms with Crippen molar-refractivity contribution >= 4 is 11.8 Å². The zero-order valence-corrected chi connectivity index (χ0v) is 16.1. The van der Waals surface area contributed by atoms with Crippen LogP contribution < -0.4 is 10.6 Å². The van der Waals surface area contributed by atoms with Crippen molar-refractivity contribution in [2.24, 2.45) is 5.92 Å². The lowest BCUT2D eigenvalue weighted by atomic mass is 9.93. The summed E-state index contributed by atoms with van der Waals surface area (Å²) in [5.41, 5.74) is 2.64. The Morgan fingerprint density at radius 3 is 2.44 bits per heavy atom. The first-order chi connectivity index (χ1) is 11.7. The van der Waals surface area contributed by atoms with Crippen LogP contribution in [0.4, 0.5) is 0 Å². The predicted octanol–water partition coefficient (Wildman–Crippen LogP) is 2.10. The molecule has 0 radical (unpaired) electrons. The summed E-state index contributed by atoms with van der Waals surface area (Å²) in [7, 11) is 0. The van der Waals surface area contributed by atoms with Gasteiger partial charge in [-0.1, -0.05) is 38.1 Å². The highest BCUT2D eigenvalue weighted by Crippen LogP contribution is 2.25. The molecule has 0 aromatic heterocycles. The summed E-state index contributed by atoms with van der Waals surface area (Å²) in [4.78, 5) is 26.2. The molecule has 0 saturated carbocycles. The van der Waals surface area contributed by atoms with E-state index in [-0.39, 0.29) is 23.3 Å². The fourth-order valence-corrected chi connectivity index (χ4v) is 3.29. The zero-order valence-electron chi connectivity index (χ0n) is 16.1. The minimum absolute atomic E-state index is 0.0499. The molecule has 1 atom stereocenters. The molecule has 1 aliphatic heterocycles. The third-order valence-corrected chi connectivity index (χ3v) is 4.99. The van der Waals surface area contributed by atoms with Crippen LogP contribution in [0.2, 0.25) is 0 Å². The van der Waals surface area contributed by atoms with Gasteiger partial charge < -0.3 is 10.6 Å². The van der Waals surface area contributed by atoms with Gasteiger partial charge in [0.2, 0.25) is 11.8 Å². The maximum Gasteiger partial charge on any atom is 0.242 e. The van der Waals surface area contributed by atoms with Gasteiger partial charge in [-0.25, -0.2) is 0 Å². The SMILES string of the molecule is CC(=O)NC(C(=O)NCC(C)(C)N1CCc2ccccc2C1)C(C)C. The molecule has 0 saturated heterocycles. The van der Waals surface area contributed by atoms with Crippen LogP contribution in [0.15, 0.2) is 24.3 Å². The fraction of sp³-hybridized carbons (Fsp3) is 0.600. The molecular weight excluding hydrogens is 314 g/mol. The van der Waals surface area contributed by atoms with Gasteiger partial charge in [0.1, 0.15) is 6.04 Å². The predicted molar refractivity (Wildman–Crippen MR) is 100 cm³/mol. The zero-order chi connectivity index (χ0) is 18.6. The van der Waals surface area contributed by atoms with Crippen molar-refractivity contribution in [1.82, 2.24) is 15.5 Å². The maximum atomic E-state index is 12.5. The molecule has 0 bridgehead atoms. The quantitative estimate of drug-likeness (QED) is 0.830. The van der Waals surface area contributed by atoms with Gasteiger partial charge in [-0.15, -0.1) is 0 Å². The van der Waals surface area contributed by atoms with Gasteiger partial charge in [0, 0.05) is 32.1 Å². The van der Waals surface area contributed by atoms with Gasteiger partial charge in [0.05, 0.1) is 0 Å². The fourth-order valence-electron chi connectivity index (χ4n) is 3.29. The van der Waals surface area contributed by atoms with Gasteiger partial charge in [-0.05, 0) is 37.3 Å². The largest absolute Gasteiger partial charge is 0.352 e. The van der Waals surface area contributed by atoms with Crippen LogP contribution in [0.3, 0.4) is 0 Å². The van der Waals surface area contributed by atoms with Gasteiger partial charge >= 0.3 is 0 Å². The van der Waals surface area contributed by atoms with E-state index in [0.717, 1.165) is 19.5 Å². The molecule has 0 spiro atoms. The Labute approximate surface area is 151 Å². The van der Waals surface area contributed by atoms with Gasteiger partial charge in [0.15, 0.2) is 0 Å². The summed E-state index contributed by atoms with van der Waals surface area (Å²) in [6.07, 6.45) is 1.04. The number of rotatable bonds is 6. The monoisotopic (exact) mass is 345 g/mol. The molecule has 5 nitrogen and oxygen atoms in total. The van der Waals surface area contributed by atoms with Crippen molar-refractivity contribution in [1.29, 1.82) is 0 Å². The number of carbonyl (C=O) groups is 2. The molecule has 1 aromatic rings. The Kier molecular flexibility index (Phi) is 6.22. The maximum absolute atomic E-state index is 12.5. The number of hydrogen-bond donors (Lipinski definition) is 2. The Hall–Kier alpha value is -1.88. The van der Waals surface area contributed by atoms with E-state index >= 15 is 0 Å². The van der Waals surface area contributed by atoms with Crippen LogP contribution in [0.1, 0.15) is 45.7 Å². The van der Waals surface area contributed by atoms with Crippen LogP contribution >= 0.6 is 0 Å². The highest BCUT2D eigenvalue weighted by molar-refractivity contribution is 5.87. The van der Waals surface area contributed by atoms with Crippen molar-refractivity contribution in [3.8, 4) is 0 Å². The minimum atomic E-state index is -0.490. The summed E-state index contributed by atoms with van der Waals surface area (Å²) < 4.78 is 0. The van der Waals surface area contributed by atoms with Crippen molar-refractivity contribution in [2.45, 2.75) is 59.2 Å². The van der Waals surface area contributed by atoms with E-state index in [1.807, 2.05) is 13.8 Å². The van der Waals surface area contributed by atoms with E-state index in [9.17, 15) is 9.59 Å². The summed E-state index contributed by atoms with van der Waals surface area (Å²) in [6.45, 7) is 12.1. The number of nitrogens with zero attached hydrogens (tertiary/aromatic N) is 1. The lowest BCUT2D eigenvalue weighted by Gasteiger charge is -2.42. The number of amides is 2. The Balaban J connectivity index is 1.97. The van der Waals surface area contributed by atoms with E-state index in [1.165, 1.54) is 18.1 Å². The molecule has 138 valence electrons. The first-order valence-corrected chi connectivity index (χ1v) is 9.07. The summed E-state index contributed by atoms with van der Waals surface area (Å²) >= 11 is 0. The third kappa shape index (κ3) is 5.05. The molecule has 5 heteroatoms. The van der Waals surface area contributed by atoms with E-state index in [2.05, 4.69) is 53.6 Å². The third-order valence-electron chi connectivity index (χ3n) is 4.99. The second-order valence-electron chi connectivity index (χ2n) is 7.89. The number of hydrogen-bond acceptors (Lipinski definition) is 3. The Morgan fingerprint density at radius 2 is 1.84 bits per heavy atom. The lowest BCUT2D eigenvalue weighted by molar-refractivity contribution is -0.129. The number of fused-ring (bicyclic) bond motifs is 1. The van der Waals surface area contributed by atoms with Crippen molar-refractivity contribution in [2.75, 3.05) is 13.1 Å². The molecule has 0 aliphatic carbocycles. The second kappa shape index (κ2) is 8.00. The number of benzene rings is 1. The highest BCUT2D eigenvalue weighted by Gasteiger charge is 2.31. The number of carbonyl (C=O) groups excluding carboxylic acids is 2. The van der Waals surface area contributed by atoms with Crippen molar-refractivity contribution < 1.29 is 9.59 Å². The molecule has 2 amide bonds. The van der Waals surface area contributed by atoms with Gasteiger partial charge in [-0.2, -0.15) is 0 Å². The standard InChI is InChI=1S/C20H31N3O2/c1-14(2)18(22-15(3)24)19(25)21-13-20(4,5)23-11-10-16-8-6-7-9-17(16)12-23/h6-9,14,18H,10-13H2,1-5H3,(H,21,25)(H,22,24). The van der Waals surface area contributed by atoms with Crippen molar-refractivity contribution in [3.05, 3.63) is 35.4 Å². The second-order valence-corrected chi connectivity index (χ2v) is 7.89. The number of nitrogens with one attached hydrogen (secondary N) is 2. The molecule has 25 heavy (non-hydrogen) atoms. The molecule has 1 aliphatic rings. The first kappa shape index (κ1) is 19.4. The van der Waals surface area contributed by atoms with Crippen LogP contribution in [-0.2, 0) is 22.6 Å². The molecular formula is C20H31N3O2. The average Bonchev–Trinajstić information content (AvgIpc) is 2.56. The van der Waals surface area contributed by atoms with E-state index < -0.39 is 6.04 Å². The van der Waals surface area contributed by atoms with E-state index in [0.29, 0.717) is 6.54 Å². The van der Waals surface area contributed by atoms with Crippen molar-refractivity contribution in [3.63, 3.8) is 0 Å². The molecule has 2 rings (SSSR count). The topological polar surface area (TPSA) is 61.4 Å². The molecule has 1 unspecified atom stereocenters. The molecule has 1 heterocycles. The van der Waals surface area contributed by atoms with Gasteiger partial charge in [-0.3, -0.25) is 14.5 Å². The smallest absolute Gasteiger partial charge is 0.242 e. The Bertz CT molecular complexity index is 625. The summed E-state index contributed by atoms with van der Waals surface area (Å²) in [6, 6.07) is 8.06. The van der Waals surface area contributed by atoms with Crippen LogP contribution in [0, 0.1) is 5.92 Å². The van der Waals surface area contributed by atoms with E-state index in [4.69, 9.17) is 0 Å². The van der Waals surface area contributed by atoms with Gasteiger partial charge in [0.25, 0.3) is 0 Å². The van der Waals surface area contributed by atoms with Crippen LogP contribution in [0.5, 0.6) is 0 Å². The molecule has 1 aromatic carbocycles. The minimum Gasteiger partial charge on any atom is -0.352 e. The lowest BCUT2D eigenvalue weighted by Crippen LogP contribution is -2.56. The summed E-state index contributed by atoms with van der Waals surface area (Å²) in [5.74, 6) is -0.245. The average molecular weight is 345 g/mol. The normalized spacial score (nSPS) is 16.2. The van der Waals surface area contributed by atoms with Crippen LogP contribution in [-0.4, -0.2) is 41.4 Å². The van der Waals surface area contributed by atoms with E-state index in [1.54, 1.807) is 0 Å². The Morgan fingerprint density at radius 1 is 1.20 bits per heavy atom.